The van der Waals surface area contributed by atoms with E-state index in [9.17, 15) is 19.2 Å². The van der Waals surface area contributed by atoms with Crippen molar-refractivity contribution < 1.29 is 19.1 Å². The number of ether oxygens (including phenoxy) is 1. The fraction of sp³-hybridized carbons (Fsp3) is 0.500. The number of nitrogens with one attached hydrogen (secondary N) is 3. The maximum atomic E-state index is 11.8. The monoisotopic (exact) mass is 356 g/mol. The van der Waals surface area contributed by atoms with E-state index in [1.807, 2.05) is 0 Å². The fourth-order valence-corrected chi connectivity index (χ4v) is 2.38. The van der Waals surface area contributed by atoms with Gasteiger partial charge in [-0.1, -0.05) is 11.8 Å². The number of H-pyrrole nitrogens is 1. The summed E-state index contributed by atoms with van der Waals surface area (Å²) >= 11 is 0.996. The molecule has 0 saturated heterocycles. The molecule has 0 aliphatic carbocycles. The number of carbonyl (C=O) groups excluding carboxylic acids is 3. The van der Waals surface area contributed by atoms with Crippen LogP contribution in [0.1, 0.15) is 19.5 Å². The Hall–Kier alpha value is -2.36. The molecule has 2 amide bonds. The number of amides is 2. The van der Waals surface area contributed by atoms with Crippen molar-refractivity contribution in [3.05, 3.63) is 22.1 Å². The van der Waals surface area contributed by atoms with Crippen LogP contribution in [0, 0.1) is 0 Å². The lowest BCUT2D eigenvalue weighted by Gasteiger charge is -2.13. The van der Waals surface area contributed by atoms with Gasteiger partial charge in [0.25, 0.3) is 5.56 Å². The first-order chi connectivity index (χ1) is 11.3. The van der Waals surface area contributed by atoms with Crippen LogP contribution in [0.4, 0.5) is 0 Å². The number of nitrogens with zero attached hydrogens (tertiary/aromatic N) is 1. The standard InChI is InChI=1S/C14H20N4O5S/c1-4-15-13(22)8(2)16-11(20)7-24-14-17-9(5-10(19)18-14)6-12(21)23-3/h5,8H,4,6-7H2,1-3H3,(H,15,22)(H,16,20)(H,17,18,19)/t8-/m0/s1. The maximum absolute atomic E-state index is 11.8. The average Bonchev–Trinajstić information content (AvgIpc) is 2.52. The Kier molecular flexibility index (Phi) is 7.96. The molecule has 1 aromatic heterocycles. The molecule has 0 aliphatic rings. The molecule has 1 rings (SSSR count). The molecule has 0 aliphatic heterocycles. The largest absolute Gasteiger partial charge is 0.469 e. The molecule has 0 bridgehead atoms. The maximum Gasteiger partial charge on any atom is 0.311 e. The Balaban J connectivity index is 2.60. The summed E-state index contributed by atoms with van der Waals surface area (Å²) < 4.78 is 4.52. The summed E-state index contributed by atoms with van der Waals surface area (Å²) in [6, 6.07) is 0.536. The normalized spacial score (nSPS) is 11.5. The Labute approximate surface area is 143 Å². The van der Waals surface area contributed by atoms with E-state index in [4.69, 9.17) is 0 Å². The van der Waals surface area contributed by atoms with Gasteiger partial charge < -0.3 is 20.4 Å². The molecular formula is C14H20N4O5S. The van der Waals surface area contributed by atoms with E-state index in [1.54, 1.807) is 13.8 Å². The van der Waals surface area contributed by atoms with Gasteiger partial charge in [-0.15, -0.1) is 0 Å². The van der Waals surface area contributed by atoms with Crippen molar-refractivity contribution in [2.45, 2.75) is 31.5 Å². The second-order valence-corrected chi connectivity index (χ2v) is 5.73. The predicted octanol–water partition coefficient (Wildman–Crippen LogP) is -0.782. The number of hydrogen-bond donors (Lipinski definition) is 3. The molecule has 0 unspecified atom stereocenters. The highest BCUT2D eigenvalue weighted by Crippen LogP contribution is 2.11. The Bertz CT molecular complexity index is 661. The molecule has 24 heavy (non-hydrogen) atoms. The van der Waals surface area contributed by atoms with E-state index >= 15 is 0 Å². The minimum absolute atomic E-state index is 0.0334. The fourth-order valence-electron chi connectivity index (χ4n) is 1.67. The second-order valence-electron chi connectivity index (χ2n) is 4.77. The van der Waals surface area contributed by atoms with E-state index in [0.29, 0.717) is 6.54 Å². The van der Waals surface area contributed by atoms with Crippen LogP contribution in [0.3, 0.4) is 0 Å². The van der Waals surface area contributed by atoms with Crippen molar-refractivity contribution in [1.82, 2.24) is 20.6 Å². The van der Waals surface area contributed by atoms with Gasteiger partial charge in [0.15, 0.2) is 5.16 Å². The smallest absolute Gasteiger partial charge is 0.311 e. The first-order valence-corrected chi connectivity index (χ1v) is 8.21. The van der Waals surface area contributed by atoms with Crippen LogP contribution >= 0.6 is 11.8 Å². The van der Waals surface area contributed by atoms with Gasteiger partial charge in [0, 0.05) is 12.6 Å². The lowest BCUT2D eigenvalue weighted by Crippen LogP contribution is -2.45. The summed E-state index contributed by atoms with van der Waals surface area (Å²) in [4.78, 5) is 52.7. The number of hydrogen-bond acceptors (Lipinski definition) is 7. The molecule has 1 heterocycles. The lowest BCUT2D eigenvalue weighted by molar-refractivity contribution is -0.139. The van der Waals surface area contributed by atoms with Gasteiger partial charge in [-0.25, -0.2) is 4.98 Å². The van der Waals surface area contributed by atoms with Crippen LogP contribution in [0.25, 0.3) is 0 Å². The van der Waals surface area contributed by atoms with Crippen molar-refractivity contribution >= 4 is 29.5 Å². The molecule has 0 aromatic carbocycles. The van der Waals surface area contributed by atoms with Crippen LogP contribution in [0.5, 0.6) is 0 Å². The SMILES string of the molecule is CCNC(=O)[C@H](C)NC(=O)CSc1nc(CC(=O)OC)cc(=O)[nH]1. The molecule has 1 atom stereocenters. The van der Waals surface area contributed by atoms with Gasteiger partial charge in [0.05, 0.1) is 25.0 Å². The van der Waals surface area contributed by atoms with Crippen molar-refractivity contribution in [3.8, 4) is 0 Å². The number of methoxy groups -OCH3 is 1. The molecule has 3 N–H and O–H groups in total. The van der Waals surface area contributed by atoms with Gasteiger partial charge in [0.2, 0.25) is 11.8 Å². The van der Waals surface area contributed by atoms with Crippen LogP contribution in [0.2, 0.25) is 0 Å². The van der Waals surface area contributed by atoms with Gasteiger partial charge >= 0.3 is 5.97 Å². The van der Waals surface area contributed by atoms with Gasteiger partial charge in [-0.05, 0) is 13.8 Å². The Morgan fingerprint density at radius 2 is 2.12 bits per heavy atom. The minimum atomic E-state index is -0.657. The predicted molar refractivity (Wildman–Crippen MR) is 87.6 cm³/mol. The van der Waals surface area contributed by atoms with E-state index in [-0.39, 0.29) is 34.8 Å². The molecule has 132 valence electrons. The average molecular weight is 356 g/mol. The summed E-state index contributed by atoms with van der Waals surface area (Å²) in [5.74, 6) is -1.20. The van der Waals surface area contributed by atoms with Crippen LogP contribution < -0.4 is 16.2 Å². The molecule has 0 spiro atoms. The van der Waals surface area contributed by atoms with E-state index < -0.39 is 17.6 Å². The minimum Gasteiger partial charge on any atom is -0.469 e. The Morgan fingerprint density at radius 1 is 1.42 bits per heavy atom. The topological polar surface area (TPSA) is 130 Å². The summed E-state index contributed by atoms with van der Waals surface area (Å²) in [5, 5.41) is 5.35. The molecule has 0 fully saturated rings. The van der Waals surface area contributed by atoms with Gasteiger partial charge in [-0.3, -0.25) is 19.2 Å². The van der Waals surface area contributed by atoms with Crippen molar-refractivity contribution in [2.75, 3.05) is 19.4 Å². The van der Waals surface area contributed by atoms with Gasteiger partial charge in [-0.2, -0.15) is 0 Å². The van der Waals surface area contributed by atoms with Crippen molar-refractivity contribution in [1.29, 1.82) is 0 Å². The van der Waals surface area contributed by atoms with E-state index in [1.165, 1.54) is 13.2 Å². The number of thioether (sulfide) groups is 1. The first-order valence-electron chi connectivity index (χ1n) is 7.22. The number of carbonyl (C=O) groups is 3. The van der Waals surface area contributed by atoms with Crippen molar-refractivity contribution in [2.24, 2.45) is 0 Å². The van der Waals surface area contributed by atoms with E-state index in [0.717, 1.165) is 11.8 Å². The summed E-state index contributed by atoms with van der Waals surface area (Å²) in [7, 11) is 1.24. The third kappa shape index (κ3) is 6.82. The third-order valence-electron chi connectivity index (χ3n) is 2.79. The van der Waals surface area contributed by atoms with Crippen LogP contribution in [0.15, 0.2) is 16.0 Å². The van der Waals surface area contributed by atoms with Gasteiger partial charge in [0.1, 0.15) is 6.04 Å². The molecule has 10 heteroatoms. The number of aromatic amines is 1. The quantitative estimate of drug-likeness (QED) is 0.316. The second kappa shape index (κ2) is 9.71. The molecular weight excluding hydrogens is 336 g/mol. The zero-order chi connectivity index (χ0) is 18.1. The highest BCUT2D eigenvalue weighted by molar-refractivity contribution is 7.99. The summed E-state index contributed by atoms with van der Waals surface area (Å²) in [6.45, 7) is 3.84. The zero-order valence-electron chi connectivity index (χ0n) is 13.7. The first kappa shape index (κ1) is 19.7. The molecule has 9 nitrogen and oxygen atoms in total. The highest BCUT2D eigenvalue weighted by atomic mass is 32.2. The third-order valence-corrected chi connectivity index (χ3v) is 3.66. The molecule has 0 saturated carbocycles. The van der Waals surface area contributed by atoms with Crippen molar-refractivity contribution in [3.63, 3.8) is 0 Å². The zero-order valence-corrected chi connectivity index (χ0v) is 14.5. The number of rotatable bonds is 8. The summed E-state index contributed by atoms with van der Waals surface area (Å²) in [6.07, 6.45) is -0.131. The number of esters is 1. The summed E-state index contributed by atoms with van der Waals surface area (Å²) in [5.41, 5.74) is -0.174. The number of aromatic nitrogens is 2. The van der Waals surface area contributed by atoms with Crippen LogP contribution in [-0.2, 0) is 25.5 Å². The lowest BCUT2D eigenvalue weighted by atomic mass is 10.3. The Morgan fingerprint density at radius 3 is 2.75 bits per heavy atom. The molecule has 0 radical (unpaired) electrons. The van der Waals surface area contributed by atoms with Crippen LogP contribution in [-0.4, -0.2) is 53.2 Å². The number of likely N-dealkylation sites (N-methyl/N-ethyl adjacent to an activating group) is 1. The highest BCUT2D eigenvalue weighted by Gasteiger charge is 2.15. The van der Waals surface area contributed by atoms with E-state index in [2.05, 4.69) is 25.3 Å². The molecule has 1 aromatic rings.